The van der Waals surface area contributed by atoms with Crippen LogP contribution in [0.3, 0.4) is 0 Å². The zero-order chi connectivity index (χ0) is 16.1. The Balaban J connectivity index is 2.10. The van der Waals surface area contributed by atoms with E-state index in [1.54, 1.807) is 25.1 Å². The summed E-state index contributed by atoms with van der Waals surface area (Å²) in [5, 5.41) is 11.3. The quantitative estimate of drug-likeness (QED) is 0.848. The maximum absolute atomic E-state index is 12.2. The number of aryl methyl sites for hydroxylation is 2. The Morgan fingerprint density at radius 1 is 1.41 bits per heavy atom. The van der Waals surface area contributed by atoms with E-state index in [1.807, 2.05) is 6.92 Å². The number of carbonyl (C=O) groups excluding carboxylic acids is 1. The standard InChI is InChI=1S/C15H16N2O5/c1-3-12-14(16-8-22-12)15(20)17-11-5-4-10(6-9(11)2)21-7-13(18)19/h4-6,8H,3,7H2,1-2H3,(H,17,20)(H,18,19). The molecule has 22 heavy (non-hydrogen) atoms. The van der Waals surface area contributed by atoms with Gasteiger partial charge in [-0.3, -0.25) is 4.79 Å². The highest BCUT2D eigenvalue weighted by Crippen LogP contribution is 2.22. The number of hydrogen-bond donors (Lipinski definition) is 2. The molecule has 1 amide bonds. The SMILES string of the molecule is CCc1ocnc1C(=O)Nc1ccc(OCC(=O)O)cc1C. The van der Waals surface area contributed by atoms with E-state index in [2.05, 4.69) is 10.3 Å². The number of amides is 1. The molecule has 1 aromatic heterocycles. The summed E-state index contributed by atoms with van der Waals surface area (Å²) in [6.07, 6.45) is 1.81. The van der Waals surface area contributed by atoms with Gasteiger partial charge in [-0.15, -0.1) is 0 Å². The van der Waals surface area contributed by atoms with Crippen molar-refractivity contribution in [3.63, 3.8) is 0 Å². The normalized spacial score (nSPS) is 10.3. The number of carboxylic acid groups (broad SMARTS) is 1. The third-order valence-electron chi connectivity index (χ3n) is 2.99. The lowest BCUT2D eigenvalue weighted by molar-refractivity contribution is -0.139. The maximum atomic E-state index is 12.2. The Morgan fingerprint density at radius 2 is 2.18 bits per heavy atom. The molecule has 0 spiro atoms. The molecule has 2 aromatic rings. The Bertz CT molecular complexity index is 693. The van der Waals surface area contributed by atoms with Gasteiger partial charge in [0.05, 0.1) is 0 Å². The molecule has 0 saturated heterocycles. The second-order valence-electron chi connectivity index (χ2n) is 4.59. The molecule has 2 rings (SSSR count). The fourth-order valence-corrected chi connectivity index (χ4v) is 1.90. The highest BCUT2D eigenvalue weighted by molar-refractivity contribution is 6.03. The molecule has 0 saturated carbocycles. The van der Waals surface area contributed by atoms with Crippen molar-refractivity contribution in [3.05, 3.63) is 41.6 Å². The van der Waals surface area contributed by atoms with Gasteiger partial charge in [0, 0.05) is 12.1 Å². The number of carbonyl (C=O) groups is 2. The molecule has 116 valence electrons. The van der Waals surface area contributed by atoms with Crippen molar-refractivity contribution < 1.29 is 23.8 Å². The molecule has 0 radical (unpaired) electrons. The van der Waals surface area contributed by atoms with Gasteiger partial charge in [-0.25, -0.2) is 9.78 Å². The van der Waals surface area contributed by atoms with E-state index >= 15 is 0 Å². The fourth-order valence-electron chi connectivity index (χ4n) is 1.90. The predicted molar refractivity (Wildman–Crippen MR) is 78.1 cm³/mol. The number of nitrogens with zero attached hydrogens (tertiary/aromatic N) is 1. The summed E-state index contributed by atoms with van der Waals surface area (Å²) in [4.78, 5) is 26.5. The van der Waals surface area contributed by atoms with Crippen molar-refractivity contribution in [2.45, 2.75) is 20.3 Å². The van der Waals surface area contributed by atoms with Gasteiger partial charge in [-0.05, 0) is 30.7 Å². The Hall–Kier alpha value is -2.83. The largest absolute Gasteiger partial charge is 0.482 e. The van der Waals surface area contributed by atoms with Gasteiger partial charge < -0.3 is 19.6 Å². The van der Waals surface area contributed by atoms with Gasteiger partial charge in [0.2, 0.25) is 0 Å². The first-order valence-corrected chi connectivity index (χ1v) is 6.70. The van der Waals surface area contributed by atoms with Crippen molar-refractivity contribution in [1.29, 1.82) is 0 Å². The van der Waals surface area contributed by atoms with Gasteiger partial charge in [0.25, 0.3) is 5.91 Å². The number of rotatable bonds is 6. The van der Waals surface area contributed by atoms with Crippen LogP contribution in [0.25, 0.3) is 0 Å². The summed E-state index contributed by atoms with van der Waals surface area (Å²) in [6, 6.07) is 4.90. The average molecular weight is 304 g/mol. The lowest BCUT2D eigenvalue weighted by atomic mass is 10.2. The van der Waals surface area contributed by atoms with Crippen molar-refractivity contribution in [2.75, 3.05) is 11.9 Å². The van der Waals surface area contributed by atoms with E-state index in [0.29, 0.717) is 23.6 Å². The molecule has 0 fully saturated rings. The minimum Gasteiger partial charge on any atom is -0.482 e. The fraction of sp³-hybridized carbons (Fsp3) is 0.267. The van der Waals surface area contributed by atoms with Crippen LogP contribution in [-0.4, -0.2) is 28.6 Å². The van der Waals surface area contributed by atoms with Crippen LogP contribution in [0, 0.1) is 6.92 Å². The third kappa shape index (κ3) is 3.63. The van der Waals surface area contributed by atoms with Crippen molar-refractivity contribution >= 4 is 17.6 Å². The third-order valence-corrected chi connectivity index (χ3v) is 2.99. The molecule has 1 heterocycles. The average Bonchev–Trinajstić information content (AvgIpc) is 2.96. The topological polar surface area (TPSA) is 102 Å². The van der Waals surface area contributed by atoms with E-state index in [0.717, 1.165) is 5.56 Å². The van der Waals surface area contributed by atoms with Gasteiger partial charge in [-0.2, -0.15) is 0 Å². The summed E-state index contributed by atoms with van der Waals surface area (Å²) < 4.78 is 10.2. The van der Waals surface area contributed by atoms with Gasteiger partial charge in [0.1, 0.15) is 11.5 Å². The van der Waals surface area contributed by atoms with E-state index < -0.39 is 12.6 Å². The van der Waals surface area contributed by atoms with Gasteiger partial charge in [-0.1, -0.05) is 6.92 Å². The first-order chi connectivity index (χ1) is 10.5. The second kappa shape index (κ2) is 6.75. The van der Waals surface area contributed by atoms with Crippen LogP contribution in [0.15, 0.2) is 29.0 Å². The Kier molecular flexibility index (Phi) is 4.77. The lowest BCUT2D eigenvalue weighted by Gasteiger charge is -2.10. The van der Waals surface area contributed by atoms with Gasteiger partial charge in [0.15, 0.2) is 18.7 Å². The first-order valence-electron chi connectivity index (χ1n) is 6.70. The summed E-state index contributed by atoms with van der Waals surface area (Å²) in [6.45, 7) is 3.24. The van der Waals surface area contributed by atoms with Gasteiger partial charge >= 0.3 is 5.97 Å². The van der Waals surface area contributed by atoms with E-state index in [9.17, 15) is 9.59 Å². The van der Waals surface area contributed by atoms with E-state index in [4.69, 9.17) is 14.3 Å². The number of oxazole rings is 1. The van der Waals surface area contributed by atoms with Crippen molar-refractivity contribution in [2.24, 2.45) is 0 Å². The molecular formula is C15H16N2O5. The molecule has 7 heteroatoms. The molecule has 0 atom stereocenters. The van der Waals surface area contributed by atoms with Crippen LogP contribution in [0.4, 0.5) is 5.69 Å². The predicted octanol–water partition coefficient (Wildman–Crippen LogP) is 2.26. The Labute approximate surface area is 126 Å². The number of nitrogens with one attached hydrogen (secondary N) is 1. The van der Waals surface area contributed by atoms with Crippen LogP contribution in [0.2, 0.25) is 0 Å². The first kappa shape index (κ1) is 15.6. The van der Waals surface area contributed by atoms with Crippen molar-refractivity contribution in [3.8, 4) is 5.75 Å². The molecular weight excluding hydrogens is 288 g/mol. The van der Waals surface area contributed by atoms with E-state index in [-0.39, 0.29) is 11.6 Å². The summed E-state index contributed by atoms with van der Waals surface area (Å²) in [7, 11) is 0. The minimum absolute atomic E-state index is 0.258. The molecule has 0 aliphatic rings. The molecule has 0 aliphatic heterocycles. The summed E-state index contributed by atoms with van der Waals surface area (Å²) >= 11 is 0. The van der Waals surface area contributed by atoms with Crippen LogP contribution < -0.4 is 10.1 Å². The number of aliphatic carboxylic acids is 1. The number of ether oxygens (including phenoxy) is 1. The number of hydrogen-bond acceptors (Lipinski definition) is 5. The molecule has 0 bridgehead atoms. The highest BCUT2D eigenvalue weighted by Gasteiger charge is 2.16. The number of aromatic nitrogens is 1. The van der Waals surface area contributed by atoms with Crippen molar-refractivity contribution in [1.82, 2.24) is 4.98 Å². The zero-order valence-corrected chi connectivity index (χ0v) is 12.3. The second-order valence-corrected chi connectivity index (χ2v) is 4.59. The van der Waals surface area contributed by atoms with E-state index in [1.165, 1.54) is 6.39 Å². The minimum atomic E-state index is -1.05. The summed E-state index contributed by atoms with van der Waals surface area (Å²) in [5.41, 5.74) is 1.60. The summed E-state index contributed by atoms with van der Waals surface area (Å²) in [5.74, 6) is -0.453. The highest BCUT2D eigenvalue weighted by atomic mass is 16.5. The van der Waals surface area contributed by atoms with Crippen LogP contribution in [-0.2, 0) is 11.2 Å². The smallest absolute Gasteiger partial charge is 0.341 e. The van der Waals surface area contributed by atoms with Crippen LogP contribution in [0.5, 0.6) is 5.75 Å². The van der Waals surface area contributed by atoms with Crippen LogP contribution in [0.1, 0.15) is 28.7 Å². The molecule has 0 unspecified atom stereocenters. The monoisotopic (exact) mass is 304 g/mol. The maximum Gasteiger partial charge on any atom is 0.341 e. The van der Waals surface area contributed by atoms with Crippen LogP contribution >= 0.6 is 0 Å². The molecule has 1 aromatic carbocycles. The number of carboxylic acids is 1. The number of anilines is 1. The number of benzene rings is 1. The molecule has 0 aliphatic carbocycles. The molecule has 2 N–H and O–H groups in total. The Morgan fingerprint density at radius 3 is 2.82 bits per heavy atom. The zero-order valence-electron chi connectivity index (χ0n) is 12.3. The molecule has 7 nitrogen and oxygen atoms in total. The lowest BCUT2D eigenvalue weighted by Crippen LogP contribution is -2.15.